The normalized spacial score (nSPS) is 33.7. The number of rotatable bonds is 0. The fourth-order valence-corrected chi connectivity index (χ4v) is 2.39. The first-order valence-electron chi connectivity index (χ1n) is 5.39. The van der Waals surface area contributed by atoms with Crippen LogP contribution >= 0.6 is 18.4 Å². The van der Waals surface area contributed by atoms with Gasteiger partial charge in [-0.3, -0.25) is 0 Å². The average molecular weight is 450 g/mol. The summed E-state index contributed by atoms with van der Waals surface area (Å²) in [6, 6.07) is 0. The van der Waals surface area contributed by atoms with Crippen LogP contribution < -0.4 is 0 Å². The molecule has 0 radical (unpaired) electrons. The van der Waals surface area contributed by atoms with Gasteiger partial charge >= 0.3 is 36.0 Å². The third-order valence-electron chi connectivity index (χ3n) is 4.15. The molecule has 1 aliphatic carbocycles. The first-order valence-corrected chi connectivity index (χ1v) is 13.4. The van der Waals surface area contributed by atoms with Crippen molar-refractivity contribution < 1.29 is 17.6 Å². The van der Waals surface area contributed by atoms with E-state index in [2.05, 4.69) is 47.8 Å². The summed E-state index contributed by atoms with van der Waals surface area (Å²) in [5, 5.41) is 0. The predicted octanol–water partition coefficient (Wildman–Crippen LogP) is 6.26. The molecule has 1 aliphatic rings. The van der Waals surface area contributed by atoms with E-state index < -0.39 is 17.6 Å². The first kappa shape index (κ1) is 26.6. The molecule has 0 heterocycles. The van der Waals surface area contributed by atoms with E-state index in [4.69, 9.17) is 18.4 Å². The van der Waals surface area contributed by atoms with Gasteiger partial charge in [0.25, 0.3) is 0 Å². The van der Waals surface area contributed by atoms with Crippen LogP contribution in [0.4, 0.5) is 0 Å². The van der Waals surface area contributed by atoms with E-state index in [0.717, 1.165) is 29.6 Å². The minimum atomic E-state index is -0.889. The zero-order valence-corrected chi connectivity index (χ0v) is 17.2. The second kappa shape index (κ2) is 15.1. The minimum absolute atomic E-state index is 0. The fraction of sp³-hybridized carbons (Fsp3) is 0.714. The second-order valence-electron chi connectivity index (χ2n) is 4.36. The molecule has 0 amide bonds. The Hall–Kier alpha value is 1.06. The van der Waals surface area contributed by atoms with Gasteiger partial charge in [0.2, 0.25) is 0 Å². The SMILES string of the molecule is C=C.CC1C(C)C(C)C(C)C1C.[CH3-].[CH3-].[Cl][Ta][Cl]. The van der Waals surface area contributed by atoms with Gasteiger partial charge in [-0.05, 0) is 29.6 Å². The Balaban J connectivity index is -0.000000106. The van der Waals surface area contributed by atoms with E-state index in [1.807, 2.05) is 0 Å². The molecule has 0 aromatic rings. The van der Waals surface area contributed by atoms with Crippen LogP contribution in [0.3, 0.4) is 0 Å². The van der Waals surface area contributed by atoms with E-state index in [1.54, 1.807) is 0 Å². The summed E-state index contributed by atoms with van der Waals surface area (Å²) < 4.78 is 0. The molecule has 1 fully saturated rings. The fourth-order valence-electron chi connectivity index (χ4n) is 2.39. The molecule has 0 nitrogen and oxygen atoms in total. The van der Waals surface area contributed by atoms with Crippen LogP contribution in [0.1, 0.15) is 34.6 Å². The molecule has 107 valence electrons. The summed E-state index contributed by atoms with van der Waals surface area (Å²) in [7, 11) is 9.89. The van der Waals surface area contributed by atoms with Crippen LogP contribution in [0.2, 0.25) is 0 Å². The summed E-state index contributed by atoms with van der Waals surface area (Å²) >= 11 is -0.889. The van der Waals surface area contributed by atoms with Crippen LogP contribution in [0.5, 0.6) is 0 Å². The van der Waals surface area contributed by atoms with E-state index >= 15 is 0 Å². The zero-order valence-electron chi connectivity index (χ0n) is 12.5. The van der Waals surface area contributed by atoms with Gasteiger partial charge in [-0.15, -0.1) is 13.2 Å². The molecule has 0 atom stereocenters. The van der Waals surface area contributed by atoms with Crippen molar-refractivity contribution in [1.82, 2.24) is 0 Å². The van der Waals surface area contributed by atoms with Gasteiger partial charge in [-0.2, -0.15) is 0 Å². The van der Waals surface area contributed by atoms with E-state index in [1.165, 1.54) is 0 Å². The van der Waals surface area contributed by atoms with Gasteiger partial charge in [0.15, 0.2) is 0 Å². The van der Waals surface area contributed by atoms with Crippen molar-refractivity contribution in [3.8, 4) is 0 Å². The predicted molar refractivity (Wildman–Crippen MR) is 81.6 cm³/mol. The Morgan fingerprint density at radius 2 is 0.706 bits per heavy atom. The summed E-state index contributed by atoms with van der Waals surface area (Å²) in [5.41, 5.74) is 0. The molecule has 0 aromatic heterocycles. The van der Waals surface area contributed by atoms with Crippen LogP contribution in [-0.4, -0.2) is 0 Å². The van der Waals surface area contributed by atoms with E-state index in [-0.39, 0.29) is 14.9 Å². The molecule has 17 heavy (non-hydrogen) atoms. The summed E-state index contributed by atoms with van der Waals surface area (Å²) in [6.07, 6.45) is 0. The summed E-state index contributed by atoms with van der Waals surface area (Å²) in [4.78, 5) is 0. The maximum atomic E-state index is 4.94. The van der Waals surface area contributed by atoms with Gasteiger partial charge < -0.3 is 14.9 Å². The van der Waals surface area contributed by atoms with Crippen LogP contribution in [-0.2, 0) is 17.6 Å². The van der Waals surface area contributed by atoms with Gasteiger partial charge in [0, 0.05) is 0 Å². The van der Waals surface area contributed by atoms with Crippen molar-refractivity contribution in [3.05, 3.63) is 28.0 Å². The molecule has 3 heteroatoms. The Morgan fingerprint density at radius 3 is 0.765 bits per heavy atom. The quantitative estimate of drug-likeness (QED) is 0.302. The molecule has 0 unspecified atom stereocenters. The molecule has 0 saturated heterocycles. The molecule has 0 spiro atoms. The van der Waals surface area contributed by atoms with Crippen LogP contribution in [0, 0.1) is 44.4 Å². The summed E-state index contributed by atoms with van der Waals surface area (Å²) in [5.74, 6) is 4.68. The van der Waals surface area contributed by atoms with Gasteiger partial charge in [-0.1, -0.05) is 34.6 Å². The van der Waals surface area contributed by atoms with Crippen molar-refractivity contribution in [2.45, 2.75) is 34.6 Å². The van der Waals surface area contributed by atoms with Gasteiger partial charge in [0.05, 0.1) is 0 Å². The Bertz CT molecular complexity index is 108. The third kappa shape index (κ3) is 8.72. The third-order valence-corrected chi connectivity index (χ3v) is 4.15. The van der Waals surface area contributed by atoms with Crippen molar-refractivity contribution in [3.63, 3.8) is 0 Å². The topological polar surface area (TPSA) is 0 Å². The molecular formula is C14H30Cl2Ta-2. The number of hydrogen-bond acceptors (Lipinski definition) is 0. The Morgan fingerprint density at radius 1 is 0.647 bits per heavy atom. The van der Waals surface area contributed by atoms with Crippen LogP contribution in [0.15, 0.2) is 13.2 Å². The number of hydrogen-bond donors (Lipinski definition) is 0. The van der Waals surface area contributed by atoms with E-state index in [9.17, 15) is 0 Å². The Labute approximate surface area is 128 Å². The Kier molecular flexibility index (Phi) is 23.6. The van der Waals surface area contributed by atoms with Crippen LogP contribution in [0.25, 0.3) is 0 Å². The molecule has 1 rings (SSSR count). The average Bonchev–Trinajstić information content (AvgIpc) is 2.41. The molecule has 1 saturated carbocycles. The summed E-state index contributed by atoms with van der Waals surface area (Å²) in [6.45, 7) is 18.0. The van der Waals surface area contributed by atoms with Crippen molar-refractivity contribution >= 4 is 18.4 Å². The molecule has 0 bridgehead atoms. The maximum absolute atomic E-state index is 4.94. The van der Waals surface area contributed by atoms with Crippen molar-refractivity contribution in [2.75, 3.05) is 0 Å². The first-order chi connectivity index (χ1) is 6.97. The zero-order chi connectivity index (χ0) is 12.6. The molecule has 0 aliphatic heterocycles. The van der Waals surface area contributed by atoms with Crippen molar-refractivity contribution in [1.29, 1.82) is 0 Å². The second-order valence-corrected chi connectivity index (χ2v) is 9.00. The number of halogens is 2. The van der Waals surface area contributed by atoms with Gasteiger partial charge in [-0.25, -0.2) is 0 Å². The monoisotopic (exact) mass is 449 g/mol. The van der Waals surface area contributed by atoms with E-state index in [0.29, 0.717) is 0 Å². The standard InChI is InChI=1S/C10H20.C2H4.2CH3.2ClH.Ta/c1-6-7(2)9(4)10(5)8(6)3;1-2;;;;;/h6-10H,1-5H3;1-2H2;2*1H3;2*1H;/q;;2*-1;;;+2/p-2. The molecule has 0 N–H and O–H groups in total. The molecule has 0 aromatic carbocycles. The van der Waals surface area contributed by atoms with Gasteiger partial charge in [0.1, 0.15) is 0 Å². The van der Waals surface area contributed by atoms with Crippen molar-refractivity contribution in [2.24, 2.45) is 29.6 Å². The molecular weight excluding hydrogens is 420 g/mol.